The molecule has 2 heterocycles. The minimum atomic E-state index is -0.0513. The molecule has 18 heavy (non-hydrogen) atoms. The zero-order valence-electron chi connectivity index (χ0n) is 10.1. The Morgan fingerprint density at radius 1 is 1.17 bits per heavy atom. The molecule has 0 fully saturated rings. The third-order valence-electron chi connectivity index (χ3n) is 3.05. The molecule has 0 aliphatic carbocycles. The topological polar surface area (TPSA) is 56.7 Å². The van der Waals surface area contributed by atoms with E-state index in [2.05, 4.69) is 16.0 Å². The molecule has 4 nitrogen and oxygen atoms in total. The van der Waals surface area contributed by atoms with Gasteiger partial charge in [-0.25, -0.2) is 4.98 Å². The highest BCUT2D eigenvalue weighted by molar-refractivity contribution is 5.89. The van der Waals surface area contributed by atoms with Crippen LogP contribution in [0.5, 0.6) is 0 Å². The van der Waals surface area contributed by atoms with E-state index in [1.807, 2.05) is 42.1 Å². The number of nitrogens with zero attached hydrogens (tertiary/aromatic N) is 3. The fourth-order valence-electron chi connectivity index (χ4n) is 2.16. The summed E-state index contributed by atoms with van der Waals surface area (Å²) in [4.78, 5) is 8.34. The van der Waals surface area contributed by atoms with Crippen molar-refractivity contribution < 1.29 is 0 Å². The lowest BCUT2D eigenvalue weighted by atomic mass is 10.1. The number of benzene rings is 1. The number of rotatable bonds is 2. The van der Waals surface area contributed by atoms with Crippen LogP contribution >= 0.6 is 0 Å². The van der Waals surface area contributed by atoms with Crippen molar-refractivity contribution in [3.8, 4) is 5.69 Å². The van der Waals surface area contributed by atoms with E-state index in [1.165, 1.54) is 0 Å². The largest absolute Gasteiger partial charge is 0.323 e. The van der Waals surface area contributed by atoms with Crippen LogP contribution in [0.2, 0.25) is 0 Å². The van der Waals surface area contributed by atoms with Crippen molar-refractivity contribution in [2.24, 2.45) is 5.73 Å². The smallest absolute Gasteiger partial charge is 0.0994 e. The van der Waals surface area contributed by atoms with Gasteiger partial charge in [0.1, 0.15) is 0 Å². The Bertz CT molecular complexity index is 680. The van der Waals surface area contributed by atoms with Crippen LogP contribution < -0.4 is 5.73 Å². The molecule has 0 saturated heterocycles. The summed E-state index contributed by atoms with van der Waals surface area (Å²) in [6, 6.07) is 8.09. The van der Waals surface area contributed by atoms with Gasteiger partial charge in [0.05, 0.1) is 23.9 Å². The number of nitrogens with two attached hydrogens (primary N) is 1. The van der Waals surface area contributed by atoms with E-state index < -0.39 is 0 Å². The standard InChI is InChI=1S/C14H14N4/c1-10(15)14-8-17-9-18(14)13-4-2-3-11-7-16-6-5-12(11)13/h2-10H,15H2,1H3. The van der Waals surface area contributed by atoms with E-state index in [9.17, 15) is 0 Å². The van der Waals surface area contributed by atoms with Crippen molar-refractivity contribution in [1.82, 2.24) is 14.5 Å². The summed E-state index contributed by atoms with van der Waals surface area (Å²) in [5.74, 6) is 0. The summed E-state index contributed by atoms with van der Waals surface area (Å²) >= 11 is 0. The monoisotopic (exact) mass is 238 g/mol. The first kappa shape index (κ1) is 10.9. The van der Waals surface area contributed by atoms with Crippen molar-refractivity contribution in [3.63, 3.8) is 0 Å². The molecule has 3 rings (SSSR count). The molecular formula is C14H14N4. The average Bonchev–Trinajstić information content (AvgIpc) is 2.87. The van der Waals surface area contributed by atoms with Gasteiger partial charge >= 0.3 is 0 Å². The summed E-state index contributed by atoms with van der Waals surface area (Å²) in [6.45, 7) is 1.96. The van der Waals surface area contributed by atoms with Crippen molar-refractivity contribution >= 4 is 10.8 Å². The van der Waals surface area contributed by atoms with E-state index in [0.717, 1.165) is 22.2 Å². The van der Waals surface area contributed by atoms with E-state index in [1.54, 1.807) is 12.5 Å². The van der Waals surface area contributed by atoms with Crippen LogP contribution in [-0.2, 0) is 0 Å². The molecule has 0 saturated carbocycles. The maximum Gasteiger partial charge on any atom is 0.0994 e. The summed E-state index contributed by atoms with van der Waals surface area (Å²) in [5, 5.41) is 2.26. The van der Waals surface area contributed by atoms with Crippen LogP contribution in [-0.4, -0.2) is 14.5 Å². The van der Waals surface area contributed by atoms with Gasteiger partial charge in [-0.05, 0) is 19.1 Å². The third-order valence-corrected chi connectivity index (χ3v) is 3.05. The van der Waals surface area contributed by atoms with E-state index >= 15 is 0 Å². The Kier molecular flexibility index (Phi) is 2.57. The van der Waals surface area contributed by atoms with Gasteiger partial charge in [-0.3, -0.25) is 4.98 Å². The minimum absolute atomic E-state index is 0.0513. The van der Waals surface area contributed by atoms with Gasteiger partial charge in [0.25, 0.3) is 0 Å². The molecular weight excluding hydrogens is 224 g/mol. The molecule has 0 aliphatic heterocycles. The molecule has 3 aromatic rings. The molecule has 0 amide bonds. The van der Waals surface area contributed by atoms with Crippen LogP contribution in [0.1, 0.15) is 18.7 Å². The second-order valence-electron chi connectivity index (χ2n) is 4.35. The zero-order valence-corrected chi connectivity index (χ0v) is 10.1. The second kappa shape index (κ2) is 4.23. The van der Waals surface area contributed by atoms with E-state index in [0.29, 0.717) is 0 Å². The summed E-state index contributed by atoms with van der Waals surface area (Å²) in [7, 11) is 0. The van der Waals surface area contributed by atoms with Crippen LogP contribution in [0.3, 0.4) is 0 Å². The Morgan fingerprint density at radius 2 is 2.06 bits per heavy atom. The average molecular weight is 238 g/mol. The van der Waals surface area contributed by atoms with Gasteiger partial charge in [-0.1, -0.05) is 12.1 Å². The van der Waals surface area contributed by atoms with Crippen molar-refractivity contribution in [1.29, 1.82) is 0 Å². The Balaban J connectivity index is 2.28. The molecule has 0 aliphatic rings. The van der Waals surface area contributed by atoms with Crippen LogP contribution in [0.25, 0.3) is 16.5 Å². The predicted molar refractivity (Wildman–Crippen MR) is 71.5 cm³/mol. The predicted octanol–water partition coefficient (Wildman–Crippen LogP) is 2.44. The van der Waals surface area contributed by atoms with Gasteiger partial charge in [-0.15, -0.1) is 0 Å². The Labute approximate surface area is 105 Å². The molecule has 1 aromatic carbocycles. The number of aromatic nitrogens is 3. The summed E-state index contributed by atoms with van der Waals surface area (Å²) in [5.41, 5.74) is 8.05. The first-order valence-electron chi connectivity index (χ1n) is 5.88. The van der Waals surface area contributed by atoms with Crippen LogP contribution in [0, 0.1) is 0 Å². The van der Waals surface area contributed by atoms with Gasteiger partial charge in [0.15, 0.2) is 0 Å². The van der Waals surface area contributed by atoms with E-state index in [-0.39, 0.29) is 6.04 Å². The van der Waals surface area contributed by atoms with Crippen molar-refractivity contribution in [3.05, 3.63) is 54.9 Å². The highest BCUT2D eigenvalue weighted by atomic mass is 15.1. The number of hydrogen-bond acceptors (Lipinski definition) is 3. The van der Waals surface area contributed by atoms with E-state index in [4.69, 9.17) is 5.73 Å². The molecule has 1 atom stereocenters. The molecule has 0 radical (unpaired) electrons. The summed E-state index contributed by atoms with van der Waals surface area (Å²) in [6.07, 6.45) is 7.27. The highest BCUT2D eigenvalue weighted by Crippen LogP contribution is 2.24. The van der Waals surface area contributed by atoms with Crippen molar-refractivity contribution in [2.45, 2.75) is 13.0 Å². The molecule has 1 unspecified atom stereocenters. The number of imidazole rings is 1. The molecule has 90 valence electrons. The molecule has 0 bridgehead atoms. The normalized spacial score (nSPS) is 12.8. The van der Waals surface area contributed by atoms with Gasteiger partial charge < -0.3 is 10.3 Å². The van der Waals surface area contributed by atoms with Gasteiger partial charge in [0.2, 0.25) is 0 Å². The fourth-order valence-corrected chi connectivity index (χ4v) is 2.16. The lowest BCUT2D eigenvalue weighted by molar-refractivity contribution is 0.754. The van der Waals surface area contributed by atoms with Gasteiger partial charge in [0, 0.05) is 29.2 Å². The Hall–Kier alpha value is -2.20. The lowest BCUT2D eigenvalue weighted by Crippen LogP contribution is -2.10. The molecule has 0 spiro atoms. The lowest BCUT2D eigenvalue weighted by Gasteiger charge is -2.12. The first-order chi connectivity index (χ1) is 8.77. The van der Waals surface area contributed by atoms with Crippen LogP contribution in [0.4, 0.5) is 0 Å². The fraction of sp³-hybridized carbons (Fsp3) is 0.143. The summed E-state index contributed by atoms with van der Waals surface area (Å²) < 4.78 is 2.03. The minimum Gasteiger partial charge on any atom is -0.323 e. The van der Waals surface area contributed by atoms with Gasteiger partial charge in [-0.2, -0.15) is 0 Å². The molecule has 4 heteroatoms. The maximum atomic E-state index is 5.97. The zero-order chi connectivity index (χ0) is 12.5. The quantitative estimate of drug-likeness (QED) is 0.746. The Morgan fingerprint density at radius 3 is 2.89 bits per heavy atom. The molecule has 2 aromatic heterocycles. The van der Waals surface area contributed by atoms with Crippen LogP contribution in [0.15, 0.2) is 49.2 Å². The van der Waals surface area contributed by atoms with Crippen molar-refractivity contribution in [2.75, 3.05) is 0 Å². The molecule has 2 N–H and O–H groups in total. The third kappa shape index (κ3) is 1.67. The first-order valence-corrected chi connectivity index (χ1v) is 5.88. The number of hydrogen-bond donors (Lipinski definition) is 1. The number of fused-ring (bicyclic) bond motifs is 1. The highest BCUT2D eigenvalue weighted by Gasteiger charge is 2.10. The second-order valence-corrected chi connectivity index (χ2v) is 4.35. The SMILES string of the molecule is CC(N)c1cncn1-c1cccc2cnccc12. The number of pyridine rings is 1. The maximum absolute atomic E-state index is 5.97.